The second-order valence-electron chi connectivity index (χ2n) is 5.00. The molecule has 108 valence electrons. The van der Waals surface area contributed by atoms with Gasteiger partial charge in [0.1, 0.15) is 0 Å². The minimum Gasteiger partial charge on any atom is -0.318 e. The van der Waals surface area contributed by atoms with Gasteiger partial charge in [-0.05, 0) is 26.3 Å². The summed E-state index contributed by atoms with van der Waals surface area (Å²) in [5, 5.41) is 3.10. The molecule has 0 aliphatic carbocycles. The Balaban J connectivity index is 2.73. The predicted octanol–water partition coefficient (Wildman–Crippen LogP) is 1.04. The smallest absolute Gasteiger partial charge is 0.282 e. The third-order valence-corrected chi connectivity index (χ3v) is 5.57. The van der Waals surface area contributed by atoms with Crippen molar-refractivity contribution in [1.82, 2.24) is 13.9 Å². The summed E-state index contributed by atoms with van der Waals surface area (Å²) in [6.07, 6.45) is 4.99. The fourth-order valence-corrected chi connectivity index (χ4v) is 4.03. The lowest BCUT2D eigenvalue weighted by atomic mass is 10.1. The van der Waals surface area contributed by atoms with Gasteiger partial charge < -0.3 is 5.32 Å². The highest BCUT2D eigenvalue weighted by Gasteiger charge is 2.34. The van der Waals surface area contributed by atoms with Gasteiger partial charge in [-0.1, -0.05) is 19.8 Å². The molecule has 0 bridgehead atoms. The number of unbranched alkanes of at least 4 members (excludes halogenated alkanes) is 1. The van der Waals surface area contributed by atoms with Crippen molar-refractivity contribution < 1.29 is 8.42 Å². The Morgan fingerprint density at radius 2 is 2.11 bits per heavy atom. The Labute approximate surface area is 112 Å². The lowest BCUT2D eigenvalue weighted by Crippen LogP contribution is -2.52. The van der Waals surface area contributed by atoms with Crippen LogP contribution in [-0.2, 0) is 10.2 Å². The van der Waals surface area contributed by atoms with E-state index < -0.39 is 10.2 Å². The van der Waals surface area contributed by atoms with Gasteiger partial charge in [0.2, 0.25) is 0 Å². The third-order valence-electron chi connectivity index (χ3n) is 3.53. The van der Waals surface area contributed by atoms with Gasteiger partial charge in [0.05, 0.1) is 0 Å². The van der Waals surface area contributed by atoms with Crippen molar-refractivity contribution in [3.05, 3.63) is 0 Å². The summed E-state index contributed by atoms with van der Waals surface area (Å²) in [7, 11) is 0.287. The monoisotopic (exact) mass is 277 g/mol. The summed E-state index contributed by atoms with van der Waals surface area (Å²) in [5.41, 5.74) is 0. The highest BCUT2D eigenvalue weighted by atomic mass is 32.2. The van der Waals surface area contributed by atoms with E-state index in [1.165, 1.54) is 4.31 Å². The number of nitrogens with one attached hydrogen (secondary N) is 1. The van der Waals surface area contributed by atoms with E-state index in [0.717, 1.165) is 38.6 Å². The van der Waals surface area contributed by atoms with Crippen molar-refractivity contribution >= 4 is 10.2 Å². The van der Waals surface area contributed by atoms with Crippen LogP contribution in [0.5, 0.6) is 0 Å². The van der Waals surface area contributed by atoms with Crippen LogP contribution in [0.1, 0.15) is 39.0 Å². The molecule has 1 rings (SSSR count). The van der Waals surface area contributed by atoms with E-state index in [0.29, 0.717) is 13.1 Å². The molecule has 1 atom stereocenters. The Morgan fingerprint density at radius 3 is 2.72 bits per heavy atom. The molecule has 1 fully saturated rings. The van der Waals surface area contributed by atoms with Crippen LogP contribution in [0.2, 0.25) is 0 Å². The van der Waals surface area contributed by atoms with Crippen LogP contribution in [-0.4, -0.2) is 56.8 Å². The van der Waals surface area contributed by atoms with Crippen LogP contribution in [0, 0.1) is 0 Å². The molecular weight excluding hydrogens is 250 g/mol. The van der Waals surface area contributed by atoms with Crippen molar-refractivity contribution in [2.24, 2.45) is 0 Å². The Bertz CT molecular complexity index is 330. The summed E-state index contributed by atoms with van der Waals surface area (Å²) < 4.78 is 28.2. The first-order chi connectivity index (χ1) is 8.54. The maximum absolute atomic E-state index is 12.5. The van der Waals surface area contributed by atoms with Crippen molar-refractivity contribution in [3.63, 3.8) is 0 Å². The Hall–Kier alpha value is -0.170. The lowest BCUT2D eigenvalue weighted by Gasteiger charge is -2.37. The molecule has 0 aromatic carbocycles. The molecular formula is C12H27N3O2S. The number of rotatable bonds is 7. The van der Waals surface area contributed by atoms with Crippen LogP contribution < -0.4 is 5.32 Å². The Kier molecular flexibility index (Phi) is 6.55. The zero-order valence-electron chi connectivity index (χ0n) is 11.9. The minimum absolute atomic E-state index is 0.109. The van der Waals surface area contributed by atoms with Gasteiger partial charge >= 0.3 is 0 Å². The van der Waals surface area contributed by atoms with Crippen LogP contribution >= 0.6 is 0 Å². The molecule has 0 spiro atoms. The second-order valence-corrected chi connectivity index (χ2v) is 6.99. The summed E-state index contributed by atoms with van der Waals surface area (Å²) in [6.45, 7) is 4.08. The van der Waals surface area contributed by atoms with Gasteiger partial charge in [-0.3, -0.25) is 0 Å². The zero-order valence-corrected chi connectivity index (χ0v) is 12.7. The highest BCUT2D eigenvalue weighted by Crippen LogP contribution is 2.21. The lowest BCUT2D eigenvalue weighted by molar-refractivity contribution is 0.233. The Morgan fingerprint density at radius 1 is 1.39 bits per heavy atom. The normalized spacial score (nSPS) is 22.6. The van der Waals surface area contributed by atoms with Crippen molar-refractivity contribution in [2.75, 3.05) is 33.7 Å². The first-order valence-electron chi connectivity index (χ1n) is 6.91. The summed E-state index contributed by atoms with van der Waals surface area (Å²) >= 11 is 0. The van der Waals surface area contributed by atoms with Crippen LogP contribution in [0.3, 0.4) is 0 Å². The quantitative estimate of drug-likeness (QED) is 0.756. The minimum atomic E-state index is -3.28. The summed E-state index contributed by atoms with van der Waals surface area (Å²) in [6, 6.07) is 0.109. The highest BCUT2D eigenvalue weighted by molar-refractivity contribution is 7.86. The van der Waals surface area contributed by atoms with Gasteiger partial charge in [-0.2, -0.15) is 17.0 Å². The molecule has 1 heterocycles. The molecule has 0 amide bonds. The van der Waals surface area contributed by atoms with E-state index in [-0.39, 0.29) is 6.04 Å². The van der Waals surface area contributed by atoms with Gasteiger partial charge in [-0.25, -0.2) is 0 Å². The number of hydrogen-bond acceptors (Lipinski definition) is 3. The molecule has 0 aromatic rings. The standard InChI is InChI=1S/C12H27N3O2S/c1-4-5-9-14(3)18(16,17)15-10-7-6-8-12(15)11-13-2/h12-13H,4-11H2,1-3H3. The summed E-state index contributed by atoms with van der Waals surface area (Å²) in [5.74, 6) is 0. The number of hydrogen-bond donors (Lipinski definition) is 1. The number of piperidine rings is 1. The topological polar surface area (TPSA) is 52.7 Å². The molecule has 0 radical (unpaired) electrons. The van der Waals surface area contributed by atoms with E-state index in [2.05, 4.69) is 12.2 Å². The fourth-order valence-electron chi connectivity index (χ4n) is 2.39. The van der Waals surface area contributed by atoms with E-state index in [4.69, 9.17) is 0 Å². The molecule has 1 saturated heterocycles. The molecule has 1 aliphatic rings. The first kappa shape index (κ1) is 15.9. The molecule has 1 aliphatic heterocycles. The van der Waals surface area contributed by atoms with Crippen molar-refractivity contribution in [3.8, 4) is 0 Å². The van der Waals surface area contributed by atoms with Gasteiger partial charge in [0.15, 0.2) is 0 Å². The zero-order chi connectivity index (χ0) is 13.6. The summed E-state index contributed by atoms with van der Waals surface area (Å²) in [4.78, 5) is 0. The van der Waals surface area contributed by atoms with E-state index in [9.17, 15) is 8.42 Å². The van der Waals surface area contributed by atoms with E-state index in [1.807, 2.05) is 7.05 Å². The fraction of sp³-hybridized carbons (Fsp3) is 1.00. The molecule has 1 N–H and O–H groups in total. The molecule has 0 saturated carbocycles. The van der Waals surface area contributed by atoms with Gasteiger partial charge in [0, 0.05) is 32.7 Å². The maximum Gasteiger partial charge on any atom is 0.282 e. The second kappa shape index (κ2) is 7.43. The molecule has 0 aromatic heterocycles. The maximum atomic E-state index is 12.5. The van der Waals surface area contributed by atoms with Crippen LogP contribution in [0.15, 0.2) is 0 Å². The van der Waals surface area contributed by atoms with Crippen LogP contribution in [0.4, 0.5) is 0 Å². The van der Waals surface area contributed by atoms with E-state index in [1.54, 1.807) is 11.4 Å². The first-order valence-corrected chi connectivity index (χ1v) is 8.31. The predicted molar refractivity (Wildman–Crippen MR) is 74.7 cm³/mol. The van der Waals surface area contributed by atoms with Gasteiger partial charge in [0.25, 0.3) is 10.2 Å². The van der Waals surface area contributed by atoms with E-state index >= 15 is 0 Å². The number of nitrogens with zero attached hydrogens (tertiary/aromatic N) is 2. The SMILES string of the molecule is CCCCN(C)S(=O)(=O)N1CCCCC1CNC. The van der Waals surface area contributed by atoms with Crippen molar-refractivity contribution in [2.45, 2.75) is 45.1 Å². The number of likely N-dealkylation sites (N-methyl/N-ethyl adjacent to an activating group) is 1. The largest absolute Gasteiger partial charge is 0.318 e. The molecule has 1 unspecified atom stereocenters. The van der Waals surface area contributed by atoms with Crippen molar-refractivity contribution in [1.29, 1.82) is 0 Å². The molecule has 6 heteroatoms. The average molecular weight is 277 g/mol. The average Bonchev–Trinajstić information content (AvgIpc) is 2.36. The molecule has 5 nitrogen and oxygen atoms in total. The van der Waals surface area contributed by atoms with Crippen LogP contribution in [0.25, 0.3) is 0 Å². The molecule has 18 heavy (non-hydrogen) atoms. The van der Waals surface area contributed by atoms with Gasteiger partial charge in [-0.15, -0.1) is 0 Å². The third kappa shape index (κ3) is 3.91.